The number of amides is 1. The Kier molecular flexibility index (Phi) is 5.86. The molecule has 156 valence electrons. The van der Waals surface area contributed by atoms with Gasteiger partial charge in [-0.25, -0.2) is 0 Å². The molecule has 1 atom stereocenters. The normalized spacial score (nSPS) is 19.5. The van der Waals surface area contributed by atoms with Crippen molar-refractivity contribution < 1.29 is 14.7 Å². The second kappa shape index (κ2) is 8.71. The van der Waals surface area contributed by atoms with Crippen molar-refractivity contribution in [1.82, 2.24) is 30.3 Å². The van der Waals surface area contributed by atoms with E-state index in [1.807, 2.05) is 0 Å². The van der Waals surface area contributed by atoms with Crippen LogP contribution in [0, 0.1) is 17.8 Å². The molecule has 0 radical (unpaired) electrons. The maximum atomic E-state index is 12.6. The fourth-order valence-electron chi connectivity index (χ4n) is 4.54. The fraction of sp³-hybridized carbons (Fsp3) is 0.684. The summed E-state index contributed by atoms with van der Waals surface area (Å²) in [6.45, 7) is 1.62. The van der Waals surface area contributed by atoms with E-state index in [1.54, 1.807) is 16.9 Å². The zero-order valence-corrected chi connectivity index (χ0v) is 16.4. The number of tetrazole rings is 1. The van der Waals surface area contributed by atoms with Gasteiger partial charge >= 0.3 is 5.97 Å². The summed E-state index contributed by atoms with van der Waals surface area (Å²) in [6, 6.07) is 0. The highest BCUT2D eigenvalue weighted by atomic mass is 16.4. The van der Waals surface area contributed by atoms with Crippen molar-refractivity contribution in [3.05, 3.63) is 12.4 Å². The van der Waals surface area contributed by atoms with Crippen molar-refractivity contribution in [2.45, 2.75) is 44.9 Å². The summed E-state index contributed by atoms with van der Waals surface area (Å²) >= 11 is 0. The number of anilines is 1. The largest absolute Gasteiger partial charge is 0.481 e. The lowest BCUT2D eigenvalue weighted by Gasteiger charge is -2.32. The van der Waals surface area contributed by atoms with Crippen LogP contribution in [0.15, 0.2) is 12.4 Å². The third-order valence-corrected chi connectivity index (χ3v) is 6.24. The number of nitrogens with zero attached hydrogens (tertiary/aromatic N) is 6. The summed E-state index contributed by atoms with van der Waals surface area (Å²) in [6.07, 6.45) is 9.99. The van der Waals surface area contributed by atoms with Crippen LogP contribution in [0.5, 0.6) is 0 Å². The number of aromatic nitrogens is 5. The Balaban J connectivity index is 1.28. The van der Waals surface area contributed by atoms with Crippen LogP contribution in [0.3, 0.4) is 0 Å². The van der Waals surface area contributed by atoms with E-state index in [1.165, 1.54) is 12.8 Å². The molecule has 1 saturated carbocycles. The van der Waals surface area contributed by atoms with Gasteiger partial charge in [-0.05, 0) is 35.6 Å². The molecule has 10 heteroatoms. The standard InChI is InChI=1S/C19H27N7O3/c27-18(21-10-15(19(28)29)9-13-3-1-2-4-13)14-5-7-25(8-6-14)17-12-20-11-16-22-23-24-26(16)17/h11-15H,1-10H2,(H,21,27)(H,28,29). The van der Waals surface area contributed by atoms with Gasteiger partial charge in [-0.2, -0.15) is 4.52 Å². The number of carboxylic acid groups (broad SMARTS) is 1. The SMILES string of the molecule is O=C(O)C(CNC(=O)C1CCN(c2cncc3nnnn23)CC1)CC1CCCC1. The molecule has 3 heterocycles. The Morgan fingerprint density at radius 2 is 1.93 bits per heavy atom. The van der Waals surface area contributed by atoms with Gasteiger partial charge in [-0.15, -0.1) is 5.10 Å². The molecule has 1 amide bonds. The van der Waals surface area contributed by atoms with Gasteiger partial charge in [-0.3, -0.25) is 14.6 Å². The van der Waals surface area contributed by atoms with Crippen molar-refractivity contribution in [1.29, 1.82) is 0 Å². The molecule has 1 unspecified atom stereocenters. The lowest BCUT2D eigenvalue weighted by Crippen LogP contribution is -2.43. The van der Waals surface area contributed by atoms with Gasteiger partial charge in [0.25, 0.3) is 0 Å². The van der Waals surface area contributed by atoms with Crippen molar-refractivity contribution in [3.8, 4) is 0 Å². The highest BCUT2D eigenvalue weighted by Crippen LogP contribution is 2.30. The monoisotopic (exact) mass is 401 g/mol. The van der Waals surface area contributed by atoms with Crippen LogP contribution in [0.25, 0.3) is 5.65 Å². The Morgan fingerprint density at radius 3 is 2.66 bits per heavy atom. The molecule has 2 fully saturated rings. The first-order valence-corrected chi connectivity index (χ1v) is 10.4. The van der Waals surface area contributed by atoms with E-state index >= 15 is 0 Å². The Labute approximate surface area is 168 Å². The maximum Gasteiger partial charge on any atom is 0.308 e. The topological polar surface area (TPSA) is 126 Å². The molecular formula is C19H27N7O3. The highest BCUT2D eigenvalue weighted by molar-refractivity contribution is 5.80. The van der Waals surface area contributed by atoms with E-state index in [0.29, 0.717) is 43.9 Å². The number of hydrogen-bond acceptors (Lipinski definition) is 7. The first kappa shape index (κ1) is 19.5. The van der Waals surface area contributed by atoms with Gasteiger partial charge in [0, 0.05) is 25.6 Å². The second-order valence-electron chi connectivity index (χ2n) is 8.14. The molecule has 1 aliphatic heterocycles. The lowest BCUT2D eigenvalue weighted by atomic mass is 9.92. The van der Waals surface area contributed by atoms with Crippen LogP contribution >= 0.6 is 0 Å². The third kappa shape index (κ3) is 4.46. The van der Waals surface area contributed by atoms with Gasteiger partial charge in [0.1, 0.15) is 0 Å². The van der Waals surface area contributed by atoms with E-state index in [4.69, 9.17) is 0 Å². The minimum absolute atomic E-state index is 0.0407. The molecule has 2 aliphatic rings. The number of aliphatic carboxylic acids is 1. The summed E-state index contributed by atoms with van der Waals surface area (Å²) in [5.74, 6) is -0.151. The third-order valence-electron chi connectivity index (χ3n) is 6.24. The first-order chi connectivity index (χ1) is 14.1. The van der Waals surface area contributed by atoms with Crippen molar-refractivity contribution in [3.63, 3.8) is 0 Å². The van der Waals surface area contributed by atoms with E-state index in [0.717, 1.165) is 18.7 Å². The molecule has 0 spiro atoms. The molecule has 2 aromatic rings. The van der Waals surface area contributed by atoms with Gasteiger partial charge < -0.3 is 15.3 Å². The number of carbonyl (C=O) groups is 2. The van der Waals surface area contributed by atoms with Crippen molar-refractivity contribution in [2.24, 2.45) is 17.8 Å². The number of piperidine rings is 1. The number of carbonyl (C=O) groups excluding carboxylic acids is 1. The van der Waals surface area contributed by atoms with Gasteiger partial charge in [0.15, 0.2) is 11.5 Å². The molecule has 2 aromatic heterocycles. The number of hydrogen-bond donors (Lipinski definition) is 2. The smallest absolute Gasteiger partial charge is 0.308 e. The van der Waals surface area contributed by atoms with E-state index in [9.17, 15) is 14.7 Å². The van der Waals surface area contributed by atoms with Gasteiger partial charge in [0.2, 0.25) is 5.91 Å². The second-order valence-corrected chi connectivity index (χ2v) is 8.14. The molecule has 10 nitrogen and oxygen atoms in total. The zero-order valence-electron chi connectivity index (χ0n) is 16.4. The lowest BCUT2D eigenvalue weighted by molar-refractivity contribution is -0.142. The minimum Gasteiger partial charge on any atom is -0.481 e. The zero-order chi connectivity index (χ0) is 20.2. The molecule has 29 heavy (non-hydrogen) atoms. The highest BCUT2D eigenvalue weighted by Gasteiger charge is 2.29. The predicted molar refractivity (Wildman–Crippen MR) is 104 cm³/mol. The number of rotatable bonds is 7. The first-order valence-electron chi connectivity index (χ1n) is 10.4. The number of carboxylic acids is 1. The van der Waals surface area contributed by atoms with E-state index < -0.39 is 11.9 Å². The number of fused-ring (bicyclic) bond motifs is 1. The molecule has 4 rings (SSSR count). The molecule has 1 saturated heterocycles. The fourth-order valence-corrected chi connectivity index (χ4v) is 4.54. The summed E-state index contributed by atoms with van der Waals surface area (Å²) in [5.41, 5.74) is 0.587. The maximum absolute atomic E-state index is 12.6. The van der Waals surface area contributed by atoms with Crippen molar-refractivity contribution >= 4 is 23.3 Å². The van der Waals surface area contributed by atoms with Crippen LogP contribution in [0.4, 0.5) is 5.82 Å². The average molecular weight is 401 g/mol. The van der Waals surface area contributed by atoms with E-state index in [2.05, 4.69) is 30.7 Å². The molecule has 0 bridgehead atoms. The van der Waals surface area contributed by atoms with Gasteiger partial charge in [-0.1, -0.05) is 25.7 Å². The molecule has 2 N–H and O–H groups in total. The minimum atomic E-state index is -0.811. The average Bonchev–Trinajstić information content (AvgIpc) is 3.42. The quantitative estimate of drug-likeness (QED) is 0.707. The van der Waals surface area contributed by atoms with Crippen LogP contribution in [-0.4, -0.2) is 61.6 Å². The van der Waals surface area contributed by atoms with Crippen LogP contribution in [0.1, 0.15) is 44.9 Å². The Morgan fingerprint density at radius 1 is 1.17 bits per heavy atom. The van der Waals surface area contributed by atoms with E-state index in [-0.39, 0.29) is 18.4 Å². The summed E-state index contributed by atoms with van der Waals surface area (Å²) in [7, 11) is 0. The van der Waals surface area contributed by atoms with Crippen LogP contribution in [-0.2, 0) is 9.59 Å². The summed E-state index contributed by atoms with van der Waals surface area (Å²) in [5, 5.41) is 24.0. The number of nitrogens with one attached hydrogen (secondary N) is 1. The Bertz CT molecular complexity index is 856. The molecule has 0 aromatic carbocycles. The van der Waals surface area contributed by atoms with Gasteiger partial charge in [0.05, 0.1) is 18.3 Å². The molecule has 1 aliphatic carbocycles. The molecular weight excluding hydrogens is 374 g/mol. The van der Waals surface area contributed by atoms with Crippen molar-refractivity contribution in [2.75, 3.05) is 24.5 Å². The predicted octanol–water partition coefficient (Wildman–Crippen LogP) is 1.13. The summed E-state index contributed by atoms with van der Waals surface area (Å²) in [4.78, 5) is 30.5. The Hall–Kier alpha value is -2.78. The van der Waals surface area contributed by atoms with Crippen LogP contribution < -0.4 is 10.2 Å². The van der Waals surface area contributed by atoms with Crippen LogP contribution in [0.2, 0.25) is 0 Å². The summed E-state index contributed by atoms with van der Waals surface area (Å²) < 4.78 is 1.65.